The molecule has 2 aromatic rings. The Balaban J connectivity index is 2.18. The largest absolute Gasteiger partial charge is 0.489 e. The van der Waals surface area contributed by atoms with Crippen molar-refractivity contribution in [2.45, 2.75) is 20.5 Å². The van der Waals surface area contributed by atoms with Gasteiger partial charge in [-0.1, -0.05) is 18.2 Å². The van der Waals surface area contributed by atoms with E-state index in [0.717, 1.165) is 22.4 Å². The Bertz CT molecular complexity index is 572. The van der Waals surface area contributed by atoms with Gasteiger partial charge in [-0.3, -0.25) is 0 Å². The number of rotatable bonds is 4. The third kappa shape index (κ3) is 2.54. The van der Waals surface area contributed by atoms with Crippen LogP contribution in [0, 0.1) is 13.8 Å². The lowest BCUT2D eigenvalue weighted by atomic mass is 10.2. The monoisotopic (exact) mass is 262 g/mol. The second-order valence-electron chi connectivity index (χ2n) is 4.09. The summed E-state index contributed by atoms with van der Waals surface area (Å²) in [6.07, 6.45) is 0. The first-order valence-electron chi connectivity index (χ1n) is 5.58. The fraction of sp³-hybridized carbons (Fsp3) is 0.214. The van der Waals surface area contributed by atoms with Crippen LogP contribution >= 0.6 is 11.3 Å². The van der Waals surface area contributed by atoms with Crippen molar-refractivity contribution in [3.63, 3.8) is 0 Å². The Kier molecular flexibility index (Phi) is 3.67. The van der Waals surface area contributed by atoms with E-state index in [-0.39, 0.29) is 0 Å². The van der Waals surface area contributed by atoms with E-state index in [1.165, 1.54) is 11.3 Å². The van der Waals surface area contributed by atoms with Gasteiger partial charge in [0.1, 0.15) is 17.2 Å². The zero-order valence-electron chi connectivity index (χ0n) is 10.3. The minimum atomic E-state index is -0.892. The molecule has 0 bridgehead atoms. The first-order valence-corrected chi connectivity index (χ1v) is 6.46. The molecule has 0 radical (unpaired) electrons. The minimum absolute atomic E-state index is 0.293. The van der Waals surface area contributed by atoms with Gasteiger partial charge in [-0.2, -0.15) is 0 Å². The highest BCUT2D eigenvalue weighted by molar-refractivity contribution is 7.12. The maximum absolute atomic E-state index is 11.1. The topological polar surface area (TPSA) is 46.5 Å². The number of hydrogen-bond acceptors (Lipinski definition) is 3. The van der Waals surface area contributed by atoms with Crippen molar-refractivity contribution in [1.82, 2.24) is 0 Å². The van der Waals surface area contributed by atoms with Crippen molar-refractivity contribution in [3.8, 4) is 5.75 Å². The molecule has 3 nitrogen and oxygen atoms in total. The highest BCUT2D eigenvalue weighted by atomic mass is 32.1. The Morgan fingerprint density at radius 3 is 2.67 bits per heavy atom. The first-order chi connectivity index (χ1) is 8.59. The Morgan fingerprint density at radius 2 is 2.00 bits per heavy atom. The predicted octanol–water partition coefficient (Wildman–Crippen LogP) is 3.64. The van der Waals surface area contributed by atoms with Gasteiger partial charge in [-0.15, -0.1) is 11.3 Å². The summed E-state index contributed by atoms with van der Waals surface area (Å²) < 4.78 is 5.70. The molecule has 0 aliphatic carbocycles. The van der Waals surface area contributed by atoms with Crippen LogP contribution in [0.5, 0.6) is 5.75 Å². The number of thiophene rings is 1. The summed E-state index contributed by atoms with van der Waals surface area (Å²) in [5.41, 5.74) is 2.77. The zero-order chi connectivity index (χ0) is 13.1. The van der Waals surface area contributed by atoms with Crippen LogP contribution in [0.4, 0.5) is 0 Å². The number of carboxylic acids is 1. The van der Waals surface area contributed by atoms with Gasteiger partial charge >= 0.3 is 5.97 Å². The molecule has 0 amide bonds. The van der Waals surface area contributed by atoms with Gasteiger partial charge in [-0.05, 0) is 36.4 Å². The standard InChI is InChI=1S/C14H14O3S/c1-9-5-3-4-6-12(9)17-7-11-10(2)8-18-13(11)14(15)16/h3-6,8H,7H2,1-2H3,(H,15,16). The molecule has 1 heterocycles. The predicted molar refractivity (Wildman–Crippen MR) is 71.5 cm³/mol. The van der Waals surface area contributed by atoms with Gasteiger partial charge in [0.2, 0.25) is 0 Å². The molecule has 1 aromatic heterocycles. The van der Waals surface area contributed by atoms with Gasteiger partial charge < -0.3 is 9.84 Å². The molecular weight excluding hydrogens is 248 g/mol. The SMILES string of the molecule is Cc1ccccc1OCc1c(C)csc1C(=O)O. The average molecular weight is 262 g/mol. The van der Waals surface area contributed by atoms with Gasteiger partial charge in [0, 0.05) is 5.56 Å². The van der Waals surface area contributed by atoms with Crippen LogP contribution in [0.3, 0.4) is 0 Å². The smallest absolute Gasteiger partial charge is 0.346 e. The normalized spacial score (nSPS) is 10.3. The Labute approximate surface area is 110 Å². The lowest BCUT2D eigenvalue weighted by Gasteiger charge is -2.09. The van der Waals surface area contributed by atoms with E-state index in [2.05, 4.69) is 0 Å². The number of aryl methyl sites for hydroxylation is 2. The Hall–Kier alpha value is -1.81. The molecule has 0 saturated carbocycles. The summed E-state index contributed by atoms with van der Waals surface area (Å²) in [7, 11) is 0. The van der Waals surface area contributed by atoms with Gasteiger partial charge in [0.05, 0.1) is 0 Å². The van der Waals surface area contributed by atoms with Crippen molar-refractivity contribution in [3.05, 3.63) is 51.2 Å². The number of aromatic carboxylic acids is 1. The number of ether oxygens (including phenoxy) is 1. The minimum Gasteiger partial charge on any atom is -0.489 e. The maximum Gasteiger partial charge on any atom is 0.346 e. The molecule has 4 heteroatoms. The molecular formula is C14H14O3S. The maximum atomic E-state index is 11.1. The number of para-hydroxylation sites is 1. The van der Waals surface area contributed by atoms with Crippen LogP contribution in [-0.2, 0) is 6.61 Å². The second-order valence-corrected chi connectivity index (χ2v) is 4.97. The van der Waals surface area contributed by atoms with Crippen molar-refractivity contribution in [1.29, 1.82) is 0 Å². The van der Waals surface area contributed by atoms with E-state index in [1.54, 1.807) is 0 Å². The van der Waals surface area contributed by atoms with Gasteiger partial charge in [0.15, 0.2) is 0 Å². The van der Waals surface area contributed by atoms with Crippen molar-refractivity contribution in [2.75, 3.05) is 0 Å². The fourth-order valence-electron chi connectivity index (χ4n) is 1.70. The number of hydrogen-bond donors (Lipinski definition) is 1. The summed E-state index contributed by atoms with van der Waals surface area (Å²) in [4.78, 5) is 11.4. The molecule has 0 aliphatic heterocycles. The van der Waals surface area contributed by atoms with Crippen LogP contribution < -0.4 is 4.74 Å². The van der Waals surface area contributed by atoms with Crippen molar-refractivity contribution < 1.29 is 14.6 Å². The molecule has 0 unspecified atom stereocenters. The summed E-state index contributed by atoms with van der Waals surface area (Å²) in [5.74, 6) is -0.101. The van der Waals surface area contributed by atoms with Crippen molar-refractivity contribution in [2.24, 2.45) is 0 Å². The molecule has 1 N–H and O–H groups in total. The zero-order valence-corrected chi connectivity index (χ0v) is 11.1. The lowest BCUT2D eigenvalue weighted by Crippen LogP contribution is -2.03. The highest BCUT2D eigenvalue weighted by Gasteiger charge is 2.15. The number of benzene rings is 1. The van der Waals surface area contributed by atoms with E-state index in [9.17, 15) is 4.79 Å². The first kappa shape index (κ1) is 12.6. The van der Waals surface area contributed by atoms with E-state index in [0.29, 0.717) is 11.5 Å². The molecule has 0 saturated heterocycles. The summed E-state index contributed by atoms with van der Waals surface area (Å²) in [6.45, 7) is 4.16. The Morgan fingerprint density at radius 1 is 1.28 bits per heavy atom. The number of carboxylic acid groups (broad SMARTS) is 1. The third-order valence-electron chi connectivity index (χ3n) is 2.76. The van der Waals surface area contributed by atoms with Crippen LogP contribution in [0.25, 0.3) is 0 Å². The fourth-order valence-corrected chi connectivity index (χ4v) is 2.60. The quantitative estimate of drug-likeness (QED) is 0.915. The third-order valence-corrected chi connectivity index (χ3v) is 3.89. The van der Waals surface area contributed by atoms with Crippen LogP contribution in [0.15, 0.2) is 29.6 Å². The van der Waals surface area contributed by atoms with E-state index >= 15 is 0 Å². The van der Waals surface area contributed by atoms with Crippen LogP contribution in [0.1, 0.15) is 26.4 Å². The van der Waals surface area contributed by atoms with E-state index in [4.69, 9.17) is 9.84 Å². The summed E-state index contributed by atoms with van der Waals surface area (Å²) in [6, 6.07) is 7.70. The van der Waals surface area contributed by atoms with Crippen LogP contribution in [-0.4, -0.2) is 11.1 Å². The van der Waals surface area contributed by atoms with E-state index < -0.39 is 5.97 Å². The molecule has 0 spiro atoms. The van der Waals surface area contributed by atoms with Gasteiger partial charge in [0.25, 0.3) is 0 Å². The molecule has 94 valence electrons. The second kappa shape index (κ2) is 5.23. The summed E-state index contributed by atoms with van der Waals surface area (Å²) >= 11 is 1.24. The number of carbonyl (C=O) groups is 1. The molecule has 0 fully saturated rings. The summed E-state index contributed by atoms with van der Waals surface area (Å²) in [5, 5.41) is 10.9. The molecule has 0 aliphatic rings. The average Bonchev–Trinajstić information content (AvgIpc) is 2.70. The molecule has 2 rings (SSSR count). The highest BCUT2D eigenvalue weighted by Crippen LogP contribution is 2.25. The lowest BCUT2D eigenvalue weighted by molar-refractivity contribution is 0.0699. The molecule has 1 aromatic carbocycles. The van der Waals surface area contributed by atoms with Crippen LogP contribution in [0.2, 0.25) is 0 Å². The van der Waals surface area contributed by atoms with Crippen molar-refractivity contribution >= 4 is 17.3 Å². The molecule has 18 heavy (non-hydrogen) atoms. The van der Waals surface area contributed by atoms with E-state index in [1.807, 2.05) is 43.5 Å². The van der Waals surface area contributed by atoms with Gasteiger partial charge in [-0.25, -0.2) is 4.79 Å². The molecule has 0 atom stereocenters.